The van der Waals surface area contributed by atoms with Crippen molar-refractivity contribution in [2.75, 3.05) is 13.6 Å². The summed E-state index contributed by atoms with van der Waals surface area (Å²) in [4.78, 5) is 7.04. The summed E-state index contributed by atoms with van der Waals surface area (Å²) in [6.45, 7) is 1.63. The maximum atomic E-state index is 5.74. The zero-order valence-corrected chi connectivity index (χ0v) is 10.7. The van der Waals surface area contributed by atoms with Gasteiger partial charge >= 0.3 is 0 Å². The van der Waals surface area contributed by atoms with Crippen LogP contribution in [0.3, 0.4) is 0 Å². The van der Waals surface area contributed by atoms with Crippen molar-refractivity contribution in [2.45, 2.75) is 31.8 Å². The van der Waals surface area contributed by atoms with Crippen molar-refractivity contribution in [1.82, 2.24) is 19.5 Å². The Hall–Kier alpha value is -1.46. The summed E-state index contributed by atoms with van der Waals surface area (Å²) in [5, 5.41) is 4.60. The Kier molecular flexibility index (Phi) is 3.01. The van der Waals surface area contributed by atoms with Gasteiger partial charge in [-0.05, 0) is 32.5 Å². The molecule has 1 unspecified atom stereocenters. The van der Waals surface area contributed by atoms with Crippen molar-refractivity contribution < 1.29 is 0 Å². The number of nitrogens with zero attached hydrogens (tertiary/aromatic N) is 4. The summed E-state index contributed by atoms with van der Waals surface area (Å²) in [6, 6.07) is 4.33. The van der Waals surface area contributed by atoms with Gasteiger partial charge in [-0.15, -0.1) is 5.10 Å². The number of rotatable bonds is 2. The van der Waals surface area contributed by atoms with Crippen molar-refractivity contribution in [1.29, 1.82) is 0 Å². The summed E-state index contributed by atoms with van der Waals surface area (Å²) in [5.74, 6) is 0.929. The fourth-order valence-corrected chi connectivity index (χ4v) is 2.68. The minimum Gasteiger partial charge on any atom is -0.326 e. The van der Waals surface area contributed by atoms with Crippen LogP contribution in [0, 0.1) is 0 Å². The molecule has 3 rings (SSSR count). The maximum absolute atomic E-state index is 5.74. The van der Waals surface area contributed by atoms with Crippen LogP contribution in [0.2, 0.25) is 0 Å². The lowest BCUT2D eigenvalue weighted by Crippen LogP contribution is -2.30. The van der Waals surface area contributed by atoms with Gasteiger partial charge in [0.25, 0.3) is 0 Å². The highest BCUT2D eigenvalue weighted by Gasteiger charge is 2.24. The number of hydrogen-bond donors (Lipinski definition) is 1. The van der Waals surface area contributed by atoms with E-state index in [0.717, 1.165) is 30.0 Å². The summed E-state index contributed by atoms with van der Waals surface area (Å²) in [7, 11) is 2.15. The maximum Gasteiger partial charge on any atom is 0.168 e. The molecular formula is C13H19N5. The molecule has 0 bridgehead atoms. The van der Waals surface area contributed by atoms with E-state index in [4.69, 9.17) is 5.73 Å². The molecular weight excluding hydrogens is 226 g/mol. The highest BCUT2D eigenvalue weighted by atomic mass is 15.3. The van der Waals surface area contributed by atoms with Crippen LogP contribution in [0.5, 0.6) is 0 Å². The number of fused-ring (bicyclic) bond motifs is 1. The highest BCUT2D eigenvalue weighted by molar-refractivity contribution is 5.46. The van der Waals surface area contributed by atoms with Crippen LogP contribution in [0.15, 0.2) is 18.3 Å². The second-order valence-corrected chi connectivity index (χ2v) is 4.97. The quantitative estimate of drug-likeness (QED) is 0.867. The smallest absolute Gasteiger partial charge is 0.168 e. The standard InChI is InChI=1S/C13H19N5/c1-17-7-3-2-6-11(17)12-15-13-10(9-14)5-4-8-18(13)16-12/h4-5,8,11H,2-3,6-7,9,14H2,1H3. The number of hydrogen-bond acceptors (Lipinski definition) is 4. The normalized spacial score (nSPS) is 21.6. The first-order valence-electron chi connectivity index (χ1n) is 6.54. The van der Waals surface area contributed by atoms with E-state index in [0.29, 0.717) is 12.6 Å². The summed E-state index contributed by atoms with van der Waals surface area (Å²) < 4.78 is 1.85. The van der Waals surface area contributed by atoms with Crippen molar-refractivity contribution in [3.8, 4) is 0 Å². The second-order valence-electron chi connectivity index (χ2n) is 4.97. The Morgan fingerprint density at radius 3 is 3.11 bits per heavy atom. The van der Waals surface area contributed by atoms with Crippen molar-refractivity contribution in [3.05, 3.63) is 29.7 Å². The second kappa shape index (κ2) is 4.66. The third-order valence-corrected chi connectivity index (χ3v) is 3.75. The molecule has 2 aromatic rings. The molecule has 0 radical (unpaired) electrons. The van der Waals surface area contributed by atoms with Crippen LogP contribution < -0.4 is 5.73 Å². The van der Waals surface area contributed by atoms with Gasteiger partial charge in [0.15, 0.2) is 11.5 Å². The lowest BCUT2D eigenvalue weighted by Gasteiger charge is -2.30. The molecule has 1 fully saturated rings. The van der Waals surface area contributed by atoms with E-state index in [1.54, 1.807) is 0 Å². The topological polar surface area (TPSA) is 59.5 Å². The van der Waals surface area contributed by atoms with E-state index in [9.17, 15) is 0 Å². The molecule has 1 atom stereocenters. The molecule has 0 aromatic carbocycles. The molecule has 0 amide bonds. The lowest BCUT2D eigenvalue weighted by atomic mass is 10.0. The largest absolute Gasteiger partial charge is 0.326 e. The van der Waals surface area contributed by atoms with E-state index < -0.39 is 0 Å². The van der Waals surface area contributed by atoms with Gasteiger partial charge < -0.3 is 5.73 Å². The minimum absolute atomic E-state index is 0.351. The van der Waals surface area contributed by atoms with Crippen molar-refractivity contribution in [3.63, 3.8) is 0 Å². The first-order chi connectivity index (χ1) is 8.79. The number of aromatic nitrogens is 3. The third-order valence-electron chi connectivity index (χ3n) is 3.75. The van der Waals surface area contributed by atoms with Gasteiger partial charge in [0.1, 0.15) is 0 Å². The fraction of sp³-hybridized carbons (Fsp3) is 0.538. The van der Waals surface area contributed by atoms with E-state index in [-0.39, 0.29) is 0 Å². The predicted octanol–water partition coefficient (Wildman–Crippen LogP) is 1.34. The molecule has 0 saturated carbocycles. The van der Waals surface area contributed by atoms with Crippen LogP contribution in [0.4, 0.5) is 0 Å². The average Bonchev–Trinajstić information content (AvgIpc) is 2.82. The third kappa shape index (κ3) is 1.89. The van der Waals surface area contributed by atoms with Crippen LogP contribution in [-0.4, -0.2) is 33.1 Å². The SMILES string of the molecule is CN1CCCCC1c1nc2c(CN)cccn2n1. The fourth-order valence-electron chi connectivity index (χ4n) is 2.68. The van der Waals surface area contributed by atoms with Gasteiger partial charge in [-0.1, -0.05) is 12.5 Å². The molecule has 1 aliphatic heterocycles. The van der Waals surface area contributed by atoms with Crippen LogP contribution in [0.25, 0.3) is 5.65 Å². The summed E-state index contributed by atoms with van der Waals surface area (Å²) >= 11 is 0. The molecule has 1 aliphatic rings. The van der Waals surface area contributed by atoms with E-state index in [1.807, 2.05) is 22.8 Å². The van der Waals surface area contributed by atoms with Crippen LogP contribution in [-0.2, 0) is 6.54 Å². The molecule has 0 spiro atoms. The van der Waals surface area contributed by atoms with E-state index in [2.05, 4.69) is 22.0 Å². The Labute approximate surface area is 107 Å². The molecule has 2 aromatic heterocycles. The van der Waals surface area contributed by atoms with Gasteiger partial charge in [0.05, 0.1) is 6.04 Å². The van der Waals surface area contributed by atoms with Crippen LogP contribution in [0.1, 0.15) is 36.7 Å². The number of piperidine rings is 1. The predicted molar refractivity (Wildman–Crippen MR) is 70.1 cm³/mol. The van der Waals surface area contributed by atoms with Gasteiger partial charge in [0.2, 0.25) is 0 Å². The molecule has 5 heteroatoms. The van der Waals surface area contributed by atoms with Gasteiger partial charge in [-0.2, -0.15) is 0 Å². The number of nitrogens with two attached hydrogens (primary N) is 1. The lowest BCUT2D eigenvalue weighted by molar-refractivity contribution is 0.179. The van der Waals surface area contributed by atoms with E-state index in [1.165, 1.54) is 12.8 Å². The van der Waals surface area contributed by atoms with Crippen molar-refractivity contribution >= 4 is 5.65 Å². The molecule has 1 saturated heterocycles. The number of likely N-dealkylation sites (tertiary alicyclic amines) is 1. The van der Waals surface area contributed by atoms with Crippen molar-refractivity contribution in [2.24, 2.45) is 5.73 Å². The van der Waals surface area contributed by atoms with Crippen LogP contribution >= 0.6 is 0 Å². The molecule has 2 N–H and O–H groups in total. The van der Waals surface area contributed by atoms with E-state index >= 15 is 0 Å². The molecule has 3 heterocycles. The van der Waals surface area contributed by atoms with Gasteiger partial charge in [0, 0.05) is 18.3 Å². The Bertz CT molecular complexity index is 547. The highest BCUT2D eigenvalue weighted by Crippen LogP contribution is 2.27. The molecule has 96 valence electrons. The average molecular weight is 245 g/mol. The summed E-state index contributed by atoms with van der Waals surface area (Å²) in [5.41, 5.74) is 7.69. The van der Waals surface area contributed by atoms with Gasteiger partial charge in [-0.3, -0.25) is 4.90 Å². The Morgan fingerprint density at radius 1 is 1.44 bits per heavy atom. The Balaban J connectivity index is 2.02. The Morgan fingerprint density at radius 2 is 2.33 bits per heavy atom. The molecule has 0 aliphatic carbocycles. The molecule has 18 heavy (non-hydrogen) atoms. The zero-order chi connectivity index (χ0) is 12.5. The zero-order valence-electron chi connectivity index (χ0n) is 10.7. The first-order valence-corrected chi connectivity index (χ1v) is 6.54. The monoisotopic (exact) mass is 245 g/mol. The summed E-state index contributed by atoms with van der Waals surface area (Å²) in [6.07, 6.45) is 5.61. The number of pyridine rings is 1. The molecule has 5 nitrogen and oxygen atoms in total. The van der Waals surface area contributed by atoms with Gasteiger partial charge in [-0.25, -0.2) is 9.50 Å². The minimum atomic E-state index is 0.351. The first kappa shape index (κ1) is 11.6.